The smallest absolute Gasteiger partial charge is 0.280 e. The highest BCUT2D eigenvalue weighted by Gasteiger charge is 2.23. The molecule has 2 N–H and O–H groups in total. The van der Waals surface area contributed by atoms with Crippen LogP contribution in [0.1, 0.15) is 44.7 Å². The van der Waals surface area contributed by atoms with E-state index in [1.54, 1.807) is 6.07 Å². The summed E-state index contributed by atoms with van der Waals surface area (Å²) in [7, 11) is -3.46. The van der Waals surface area contributed by atoms with Gasteiger partial charge in [0.15, 0.2) is 5.82 Å². The third-order valence-corrected chi connectivity index (χ3v) is 4.80. The lowest BCUT2D eigenvalue weighted by molar-refractivity contribution is 0.427. The molecule has 2 rings (SSSR count). The SMILES string of the molecule is CCCc1cc(NS(=O)(=O)N2CCCCCC2)n[nH]1. The summed E-state index contributed by atoms with van der Waals surface area (Å²) in [6, 6.07) is 1.76. The molecule has 0 aliphatic carbocycles. The van der Waals surface area contributed by atoms with Crippen molar-refractivity contribution in [2.75, 3.05) is 17.8 Å². The van der Waals surface area contributed by atoms with Gasteiger partial charge in [-0.1, -0.05) is 26.2 Å². The largest absolute Gasteiger partial charge is 0.302 e. The highest BCUT2D eigenvalue weighted by molar-refractivity contribution is 7.90. The fourth-order valence-corrected chi connectivity index (χ4v) is 3.53. The third kappa shape index (κ3) is 3.94. The lowest BCUT2D eigenvalue weighted by Crippen LogP contribution is -2.36. The van der Waals surface area contributed by atoms with Crippen LogP contribution in [0, 0.1) is 0 Å². The van der Waals surface area contributed by atoms with Gasteiger partial charge in [0.2, 0.25) is 0 Å². The lowest BCUT2D eigenvalue weighted by atomic mass is 10.2. The molecule has 1 aromatic heterocycles. The van der Waals surface area contributed by atoms with Crippen molar-refractivity contribution < 1.29 is 8.42 Å². The summed E-state index contributed by atoms with van der Waals surface area (Å²) >= 11 is 0. The fourth-order valence-electron chi connectivity index (χ4n) is 2.29. The maximum absolute atomic E-state index is 12.2. The van der Waals surface area contributed by atoms with Crippen LogP contribution in [-0.4, -0.2) is 36.0 Å². The summed E-state index contributed by atoms with van der Waals surface area (Å²) < 4.78 is 28.5. The van der Waals surface area contributed by atoms with E-state index in [9.17, 15) is 8.42 Å². The molecular formula is C12H22N4O2S. The molecule has 0 spiro atoms. The van der Waals surface area contributed by atoms with E-state index in [4.69, 9.17) is 0 Å². The van der Waals surface area contributed by atoms with Gasteiger partial charge in [0.05, 0.1) is 0 Å². The van der Waals surface area contributed by atoms with Crippen LogP contribution < -0.4 is 4.72 Å². The van der Waals surface area contributed by atoms with Gasteiger partial charge in [-0.3, -0.25) is 9.82 Å². The number of rotatable bonds is 5. The summed E-state index contributed by atoms with van der Waals surface area (Å²) in [6.07, 6.45) is 5.95. The molecule has 0 amide bonds. The van der Waals surface area contributed by atoms with Gasteiger partial charge in [-0.15, -0.1) is 0 Å². The van der Waals surface area contributed by atoms with Crippen molar-refractivity contribution >= 4 is 16.0 Å². The molecule has 0 unspecified atom stereocenters. The van der Waals surface area contributed by atoms with Crippen LogP contribution in [0.25, 0.3) is 0 Å². The van der Waals surface area contributed by atoms with Gasteiger partial charge in [0, 0.05) is 24.8 Å². The van der Waals surface area contributed by atoms with Crippen LogP contribution in [0.2, 0.25) is 0 Å². The summed E-state index contributed by atoms with van der Waals surface area (Å²) in [5.41, 5.74) is 0.955. The Bertz CT molecular complexity index is 490. The number of hydrogen-bond donors (Lipinski definition) is 2. The quantitative estimate of drug-likeness (QED) is 0.867. The van der Waals surface area contributed by atoms with Gasteiger partial charge in [0.25, 0.3) is 0 Å². The first-order valence-electron chi connectivity index (χ1n) is 6.94. The topological polar surface area (TPSA) is 78.1 Å². The molecule has 7 heteroatoms. The Morgan fingerprint density at radius 3 is 2.63 bits per heavy atom. The summed E-state index contributed by atoms with van der Waals surface area (Å²) in [4.78, 5) is 0. The second-order valence-electron chi connectivity index (χ2n) is 4.95. The van der Waals surface area contributed by atoms with Crippen molar-refractivity contribution in [3.63, 3.8) is 0 Å². The molecule has 0 saturated carbocycles. The summed E-state index contributed by atoms with van der Waals surface area (Å²) in [6.45, 7) is 3.27. The molecule has 1 aliphatic heterocycles. The standard InChI is InChI=1S/C12H22N4O2S/c1-2-7-11-10-12(14-13-11)15-19(17,18)16-8-5-3-4-6-9-16/h10H,2-9H2,1H3,(H2,13,14,15). The van der Waals surface area contributed by atoms with E-state index in [2.05, 4.69) is 21.8 Å². The van der Waals surface area contributed by atoms with Crippen LogP contribution in [0.5, 0.6) is 0 Å². The van der Waals surface area contributed by atoms with Gasteiger partial charge in [-0.25, -0.2) is 0 Å². The average molecular weight is 286 g/mol. The minimum absolute atomic E-state index is 0.382. The molecule has 1 fully saturated rings. The van der Waals surface area contributed by atoms with E-state index >= 15 is 0 Å². The Morgan fingerprint density at radius 2 is 2.00 bits per heavy atom. The number of anilines is 1. The molecule has 1 saturated heterocycles. The van der Waals surface area contributed by atoms with Crippen molar-refractivity contribution in [1.29, 1.82) is 0 Å². The molecule has 0 bridgehead atoms. The lowest BCUT2D eigenvalue weighted by Gasteiger charge is -2.19. The van der Waals surface area contributed by atoms with Crippen LogP contribution >= 0.6 is 0 Å². The number of hydrogen-bond acceptors (Lipinski definition) is 3. The molecule has 0 aromatic carbocycles. The van der Waals surface area contributed by atoms with Crippen LogP contribution in [0.15, 0.2) is 6.07 Å². The van der Waals surface area contributed by atoms with Gasteiger partial charge in [-0.2, -0.15) is 17.8 Å². The molecule has 19 heavy (non-hydrogen) atoms. The number of aryl methyl sites for hydroxylation is 1. The summed E-state index contributed by atoms with van der Waals surface area (Å²) in [5, 5.41) is 6.85. The maximum atomic E-state index is 12.2. The van der Waals surface area contributed by atoms with E-state index in [1.807, 2.05) is 0 Å². The second-order valence-corrected chi connectivity index (χ2v) is 6.62. The van der Waals surface area contributed by atoms with Gasteiger partial charge >= 0.3 is 10.2 Å². The zero-order valence-electron chi connectivity index (χ0n) is 11.4. The predicted octanol–water partition coefficient (Wildman–Crippen LogP) is 1.89. The van der Waals surface area contributed by atoms with Gasteiger partial charge in [0.1, 0.15) is 0 Å². The van der Waals surface area contributed by atoms with E-state index in [0.29, 0.717) is 18.9 Å². The zero-order valence-corrected chi connectivity index (χ0v) is 12.2. The molecular weight excluding hydrogens is 264 g/mol. The number of H-pyrrole nitrogens is 1. The Hall–Kier alpha value is -1.08. The number of aromatic amines is 1. The molecule has 0 radical (unpaired) electrons. The molecule has 0 atom stereocenters. The zero-order chi connectivity index (χ0) is 13.7. The van der Waals surface area contributed by atoms with Crippen molar-refractivity contribution in [2.24, 2.45) is 0 Å². The number of aromatic nitrogens is 2. The van der Waals surface area contributed by atoms with Crippen molar-refractivity contribution in [3.8, 4) is 0 Å². The van der Waals surface area contributed by atoms with Crippen LogP contribution in [0.4, 0.5) is 5.82 Å². The number of nitrogens with one attached hydrogen (secondary N) is 2. The van der Waals surface area contributed by atoms with Crippen molar-refractivity contribution in [3.05, 3.63) is 11.8 Å². The van der Waals surface area contributed by atoms with Crippen LogP contribution in [0.3, 0.4) is 0 Å². The minimum Gasteiger partial charge on any atom is -0.280 e. The Labute approximate surface area is 114 Å². The molecule has 1 aromatic rings. The van der Waals surface area contributed by atoms with Crippen LogP contribution in [-0.2, 0) is 16.6 Å². The van der Waals surface area contributed by atoms with Crippen molar-refractivity contribution in [1.82, 2.24) is 14.5 Å². The van der Waals surface area contributed by atoms with E-state index in [0.717, 1.165) is 44.2 Å². The normalized spacial score (nSPS) is 18.2. The third-order valence-electron chi connectivity index (χ3n) is 3.29. The maximum Gasteiger partial charge on any atom is 0.302 e. The second kappa shape index (κ2) is 6.38. The first-order valence-corrected chi connectivity index (χ1v) is 8.38. The average Bonchev–Trinajstić information content (AvgIpc) is 2.65. The Morgan fingerprint density at radius 1 is 1.32 bits per heavy atom. The molecule has 108 valence electrons. The Balaban J connectivity index is 2.02. The van der Waals surface area contributed by atoms with E-state index in [1.165, 1.54) is 4.31 Å². The van der Waals surface area contributed by atoms with Gasteiger partial charge < -0.3 is 0 Å². The summed E-state index contributed by atoms with van der Waals surface area (Å²) in [5.74, 6) is 0.382. The Kier molecular flexibility index (Phi) is 4.81. The van der Waals surface area contributed by atoms with E-state index in [-0.39, 0.29) is 0 Å². The first kappa shape index (κ1) is 14.3. The highest BCUT2D eigenvalue weighted by atomic mass is 32.2. The molecule has 2 heterocycles. The monoisotopic (exact) mass is 286 g/mol. The fraction of sp³-hybridized carbons (Fsp3) is 0.750. The number of nitrogens with zero attached hydrogens (tertiary/aromatic N) is 2. The minimum atomic E-state index is -3.46. The molecule has 6 nitrogen and oxygen atoms in total. The molecule has 1 aliphatic rings. The van der Waals surface area contributed by atoms with Gasteiger partial charge in [-0.05, 0) is 19.3 Å². The highest BCUT2D eigenvalue weighted by Crippen LogP contribution is 2.16. The predicted molar refractivity (Wildman–Crippen MR) is 75.2 cm³/mol. The van der Waals surface area contributed by atoms with E-state index < -0.39 is 10.2 Å². The first-order chi connectivity index (χ1) is 9.12. The van der Waals surface area contributed by atoms with Crippen molar-refractivity contribution in [2.45, 2.75) is 45.4 Å².